The molecule has 28 heavy (non-hydrogen) atoms. The lowest BCUT2D eigenvalue weighted by molar-refractivity contribution is -0.113. The summed E-state index contributed by atoms with van der Waals surface area (Å²) < 4.78 is 6.80. The van der Waals surface area contributed by atoms with E-state index >= 15 is 0 Å². The van der Waals surface area contributed by atoms with Crippen LogP contribution in [0.5, 0.6) is 5.75 Å². The van der Waals surface area contributed by atoms with E-state index in [9.17, 15) is 9.59 Å². The highest BCUT2D eigenvalue weighted by molar-refractivity contribution is 7.99. The van der Waals surface area contributed by atoms with Gasteiger partial charge in [-0.15, -0.1) is 0 Å². The molecule has 0 saturated carbocycles. The standard InChI is InChI=1S/C21H21N3O3S/c1-14-8-9-15(2)16(12-14)23-19(25)13-28-20-21(26)24(11-10-22-20)17-6-4-5-7-18(17)27-3/h4-12H,13H2,1-3H3,(H,23,25). The molecule has 3 rings (SSSR count). The zero-order valence-electron chi connectivity index (χ0n) is 15.9. The summed E-state index contributed by atoms with van der Waals surface area (Å²) in [6.07, 6.45) is 3.12. The zero-order chi connectivity index (χ0) is 20.1. The third-order valence-corrected chi connectivity index (χ3v) is 5.12. The number of hydrogen-bond donors (Lipinski definition) is 1. The largest absolute Gasteiger partial charge is 0.495 e. The van der Waals surface area contributed by atoms with Crippen molar-refractivity contribution in [2.45, 2.75) is 18.9 Å². The Morgan fingerprint density at radius 3 is 2.79 bits per heavy atom. The number of hydrogen-bond acceptors (Lipinski definition) is 5. The topological polar surface area (TPSA) is 73.2 Å². The molecule has 144 valence electrons. The van der Waals surface area contributed by atoms with Crippen molar-refractivity contribution < 1.29 is 9.53 Å². The first-order valence-corrected chi connectivity index (χ1v) is 9.69. The quantitative estimate of drug-likeness (QED) is 0.646. The molecule has 1 heterocycles. The van der Waals surface area contributed by atoms with Crippen LogP contribution in [0.3, 0.4) is 0 Å². The summed E-state index contributed by atoms with van der Waals surface area (Å²) >= 11 is 1.11. The van der Waals surface area contributed by atoms with Gasteiger partial charge >= 0.3 is 0 Å². The van der Waals surface area contributed by atoms with Crippen molar-refractivity contribution in [1.29, 1.82) is 0 Å². The average molecular weight is 395 g/mol. The van der Waals surface area contributed by atoms with Gasteiger partial charge in [-0.05, 0) is 43.2 Å². The molecule has 6 nitrogen and oxygen atoms in total. The summed E-state index contributed by atoms with van der Waals surface area (Å²) in [7, 11) is 1.55. The minimum absolute atomic E-state index is 0.0888. The van der Waals surface area contributed by atoms with Crippen molar-refractivity contribution in [1.82, 2.24) is 9.55 Å². The highest BCUT2D eigenvalue weighted by atomic mass is 32.2. The lowest BCUT2D eigenvalue weighted by Crippen LogP contribution is -2.22. The summed E-state index contributed by atoms with van der Waals surface area (Å²) in [5.74, 6) is 0.484. The summed E-state index contributed by atoms with van der Waals surface area (Å²) in [4.78, 5) is 29.3. The average Bonchev–Trinajstić information content (AvgIpc) is 2.70. The monoisotopic (exact) mass is 395 g/mol. The number of nitrogens with one attached hydrogen (secondary N) is 1. The van der Waals surface area contributed by atoms with Gasteiger partial charge in [0.2, 0.25) is 5.91 Å². The second-order valence-corrected chi connectivity index (χ2v) is 7.20. The molecule has 2 aromatic carbocycles. The van der Waals surface area contributed by atoms with E-state index in [0.29, 0.717) is 11.4 Å². The lowest BCUT2D eigenvalue weighted by Gasteiger charge is -2.11. The van der Waals surface area contributed by atoms with Crippen LogP contribution in [0.25, 0.3) is 5.69 Å². The number of aromatic nitrogens is 2. The molecule has 1 aromatic heterocycles. The first-order chi connectivity index (χ1) is 13.5. The van der Waals surface area contributed by atoms with Crippen LogP contribution >= 0.6 is 11.8 Å². The van der Waals surface area contributed by atoms with E-state index in [1.54, 1.807) is 31.6 Å². The maximum atomic E-state index is 12.8. The van der Waals surface area contributed by atoms with E-state index in [0.717, 1.165) is 28.6 Å². The number of benzene rings is 2. The van der Waals surface area contributed by atoms with Crippen molar-refractivity contribution in [2.24, 2.45) is 0 Å². The third-order valence-electron chi connectivity index (χ3n) is 4.16. The smallest absolute Gasteiger partial charge is 0.287 e. The van der Waals surface area contributed by atoms with E-state index < -0.39 is 0 Å². The Morgan fingerprint density at radius 2 is 2.00 bits per heavy atom. The number of nitrogens with zero attached hydrogens (tertiary/aromatic N) is 2. The molecular weight excluding hydrogens is 374 g/mol. The molecule has 0 atom stereocenters. The second kappa shape index (κ2) is 8.75. The molecular formula is C21H21N3O3S. The molecule has 0 aliphatic heterocycles. The van der Waals surface area contributed by atoms with E-state index in [2.05, 4.69) is 10.3 Å². The van der Waals surface area contributed by atoms with E-state index in [-0.39, 0.29) is 22.2 Å². The minimum Gasteiger partial charge on any atom is -0.495 e. The maximum absolute atomic E-state index is 12.8. The normalized spacial score (nSPS) is 10.5. The van der Waals surface area contributed by atoms with Gasteiger partial charge in [0.1, 0.15) is 5.75 Å². The minimum atomic E-state index is -0.295. The maximum Gasteiger partial charge on any atom is 0.287 e. The van der Waals surface area contributed by atoms with Gasteiger partial charge in [0.25, 0.3) is 5.56 Å². The van der Waals surface area contributed by atoms with Crippen LogP contribution in [-0.2, 0) is 4.79 Å². The zero-order valence-corrected chi connectivity index (χ0v) is 16.7. The van der Waals surface area contributed by atoms with Crippen LogP contribution in [0.1, 0.15) is 11.1 Å². The van der Waals surface area contributed by atoms with E-state index in [4.69, 9.17) is 4.74 Å². The molecule has 3 aromatic rings. The molecule has 0 spiro atoms. The van der Waals surface area contributed by atoms with Gasteiger partial charge in [-0.25, -0.2) is 4.98 Å². The van der Waals surface area contributed by atoms with E-state index in [1.807, 2.05) is 44.2 Å². The molecule has 0 aliphatic rings. The predicted octanol–water partition coefficient (Wildman–Crippen LogP) is 3.59. The second-order valence-electron chi connectivity index (χ2n) is 6.23. The molecule has 1 N–H and O–H groups in total. The molecule has 0 unspecified atom stereocenters. The first kappa shape index (κ1) is 19.7. The number of amides is 1. The number of carbonyl (C=O) groups excluding carboxylic acids is 1. The van der Waals surface area contributed by atoms with Gasteiger partial charge in [0.05, 0.1) is 18.6 Å². The Kier molecular flexibility index (Phi) is 6.16. The lowest BCUT2D eigenvalue weighted by atomic mass is 10.1. The summed E-state index contributed by atoms with van der Waals surface area (Å²) in [5, 5.41) is 3.14. The molecule has 1 amide bonds. The number of para-hydroxylation sites is 2. The fourth-order valence-electron chi connectivity index (χ4n) is 2.70. The SMILES string of the molecule is COc1ccccc1-n1ccnc(SCC(=O)Nc2cc(C)ccc2C)c1=O. The van der Waals surface area contributed by atoms with Crippen molar-refractivity contribution >= 4 is 23.4 Å². The Hall–Kier alpha value is -3.06. The van der Waals surface area contributed by atoms with Crippen molar-refractivity contribution in [3.05, 3.63) is 76.3 Å². The summed E-state index contributed by atoms with van der Waals surface area (Å²) in [5.41, 5.74) is 3.16. The van der Waals surface area contributed by atoms with Crippen molar-refractivity contribution in [3.8, 4) is 11.4 Å². The number of carbonyl (C=O) groups is 1. The highest BCUT2D eigenvalue weighted by Gasteiger charge is 2.13. The molecule has 0 saturated heterocycles. The number of anilines is 1. The Balaban J connectivity index is 1.76. The van der Waals surface area contributed by atoms with Gasteiger partial charge in [0.15, 0.2) is 5.03 Å². The summed E-state index contributed by atoms with van der Waals surface area (Å²) in [6, 6.07) is 13.1. The van der Waals surface area contributed by atoms with Crippen molar-refractivity contribution in [2.75, 3.05) is 18.2 Å². The fourth-order valence-corrected chi connectivity index (χ4v) is 3.40. The number of aryl methyl sites for hydroxylation is 2. The molecule has 0 fully saturated rings. The Morgan fingerprint density at radius 1 is 1.21 bits per heavy atom. The van der Waals surface area contributed by atoms with Gasteiger partial charge in [-0.2, -0.15) is 0 Å². The Bertz CT molecular complexity index is 1060. The van der Waals surface area contributed by atoms with Crippen LogP contribution in [0.2, 0.25) is 0 Å². The van der Waals surface area contributed by atoms with Gasteiger partial charge in [-0.1, -0.05) is 36.0 Å². The number of ether oxygens (including phenoxy) is 1. The Labute approximate surface area is 167 Å². The van der Waals surface area contributed by atoms with Crippen molar-refractivity contribution in [3.63, 3.8) is 0 Å². The van der Waals surface area contributed by atoms with Gasteiger partial charge < -0.3 is 10.1 Å². The van der Waals surface area contributed by atoms with Crippen LogP contribution < -0.4 is 15.6 Å². The molecule has 0 radical (unpaired) electrons. The number of methoxy groups -OCH3 is 1. The summed E-state index contributed by atoms with van der Waals surface area (Å²) in [6.45, 7) is 3.91. The van der Waals surface area contributed by atoms with Gasteiger partial charge in [0, 0.05) is 18.1 Å². The van der Waals surface area contributed by atoms with Crippen LogP contribution in [-0.4, -0.2) is 28.3 Å². The van der Waals surface area contributed by atoms with Gasteiger partial charge in [-0.3, -0.25) is 14.2 Å². The molecule has 7 heteroatoms. The third kappa shape index (κ3) is 4.43. The molecule has 0 aliphatic carbocycles. The van der Waals surface area contributed by atoms with Crippen LogP contribution in [0.4, 0.5) is 5.69 Å². The van der Waals surface area contributed by atoms with E-state index in [1.165, 1.54) is 4.57 Å². The molecule has 0 bridgehead atoms. The fraction of sp³-hybridized carbons (Fsp3) is 0.190. The highest BCUT2D eigenvalue weighted by Crippen LogP contribution is 2.22. The number of rotatable bonds is 6. The van der Waals surface area contributed by atoms with Crippen LogP contribution in [0.15, 0.2) is 64.7 Å². The van der Waals surface area contributed by atoms with Crippen LogP contribution in [0, 0.1) is 13.8 Å². The first-order valence-electron chi connectivity index (χ1n) is 8.70. The number of thioether (sulfide) groups is 1. The predicted molar refractivity (Wildman–Crippen MR) is 112 cm³/mol.